The highest BCUT2D eigenvalue weighted by molar-refractivity contribution is 7.48. The highest BCUT2D eigenvalue weighted by atomic mass is 31.2. The van der Waals surface area contributed by atoms with Crippen molar-refractivity contribution in [2.24, 2.45) is 0 Å². The average Bonchev–Trinajstić information content (AvgIpc) is 3.45. The molecule has 0 aliphatic carbocycles. The molecule has 1 aliphatic rings. The lowest BCUT2D eigenvalue weighted by Gasteiger charge is -2.20. The number of hydrogen-bond acceptors (Lipinski definition) is 3. The van der Waals surface area contributed by atoms with E-state index in [9.17, 15) is 27.0 Å². The molecule has 314 valence electrons. The van der Waals surface area contributed by atoms with Crippen molar-refractivity contribution in [1.82, 2.24) is 0 Å². The van der Waals surface area contributed by atoms with Crippen molar-refractivity contribution in [2.45, 2.75) is 0 Å². The lowest BCUT2D eigenvalue weighted by Crippen LogP contribution is -2.00. The normalized spacial score (nSPS) is 12.8. The first kappa shape index (κ1) is 40.0. The predicted molar refractivity (Wildman–Crippen MR) is 250 cm³/mol. The summed E-state index contributed by atoms with van der Waals surface area (Å²) in [4.78, 5) is 11.9. The number of phosphoric acid groups is 1. The van der Waals surface area contributed by atoms with Crippen molar-refractivity contribution >= 4 is 29.4 Å². The SMILES string of the molecule is O=P1(O)Oc2c(-c3cc(-c4ccc(F)cc4)cc(-c4ccc(F)cc4)c3)cc3ccccc3c2-c2c(c(-c3cc(-c4ccc(F)cc4)cc(-c4ccc(F)cc4)c3)cc3ccccc23)O1. The standard InChI is InChI=1S/C56H33F4O4P/c57-45-17-9-33(10-18-45)39-25-40(34-11-19-46(58)20-12-34)28-43(27-39)51-31-37-5-1-3-7-49(37)53-54-50-8-4-2-6-38(50)32-52(56(54)64-65(61,62)63-55(51)53)44-29-41(35-13-21-47(59)22-14-35)26-42(30-44)36-15-23-48(60)24-16-36/h1-32H,(H,61,62). The van der Waals surface area contributed by atoms with Gasteiger partial charge in [-0.05, 0) is 174 Å². The summed E-state index contributed by atoms with van der Waals surface area (Å²) >= 11 is 0. The van der Waals surface area contributed by atoms with Crippen LogP contribution in [0.15, 0.2) is 194 Å². The summed E-state index contributed by atoms with van der Waals surface area (Å²) in [5.74, 6) is -1.37. The summed E-state index contributed by atoms with van der Waals surface area (Å²) in [6.45, 7) is 0. The van der Waals surface area contributed by atoms with Crippen molar-refractivity contribution in [3.63, 3.8) is 0 Å². The largest absolute Gasteiger partial charge is 0.584 e. The van der Waals surface area contributed by atoms with Gasteiger partial charge in [0.05, 0.1) is 0 Å². The fourth-order valence-electron chi connectivity index (χ4n) is 8.82. The third-order valence-corrected chi connectivity index (χ3v) is 12.7. The quantitative estimate of drug-likeness (QED) is 0.134. The van der Waals surface area contributed by atoms with Crippen LogP contribution in [-0.4, -0.2) is 4.89 Å². The number of fused-ring (bicyclic) bond motifs is 7. The second kappa shape index (κ2) is 15.8. The van der Waals surface area contributed by atoms with Crippen LogP contribution in [0.4, 0.5) is 17.6 Å². The Kier molecular flexibility index (Phi) is 9.72. The van der Waals surface area contributed by atoms with Gasteiger partial charge in [-0.1, -0.05) is 97.1 Å². The Bertz CT molecular complexity index is 3190. The summed E-state index contributed by atoms with van der Waals surface area (Å²) in [6, 6.07) is 55.1. The number of phosphoric ester groups is 1. The molecule has 0 atom stereocenters. The maximum Gasteiger partial charge on any atom is 0.584 e. The molecule has 10 aromatic rings. The summed E-state index contributed by atoms with van der Waals surface area (Å²) in [5.41, 5.74) is 8.90. The predicted octanol–water partition coefficient (Wildman–Crippen LogP) is 16.1. The highest BCUT2D eigenvalue weighted by Crippen LogP contribution is 2.62. The first-order chi connectivity index (χ1) is 31.5. The van der Waals surface area contributed by atoms with Crippen molar-refractivity contribution in [2.75, 3.05) is 0 Å². The molecule has 0 saturated heterocycles. The maximum absolute atomic E-state index is 14.7. The van der Waals surface area contributed by atoms with Gasteiger partial charge >= 0.3 is 7.82 Å². The molecule has 1 aliphatic heterocycles. The zero-order valence-electron chi connectivity index (χ0n) is 34.1. The molecule has 0 radical (unpaired) electrons. The molecule has 0 saturated carbocycles. The molecule has 0 amide bonds. The summed E-state index contributed by atoms with van der Waals surface area (Å²) in [7, 11) is -5.01. The molecule has 1 heterocycles. The van der Waals surface area contributed by atoms with E-state index in [1.807, 2.05) is 97.1 Å². The number of halogens is 4. The lowest BCUT2D eigenvalue weighted by molar-refractivity contribution is 0.295. The minimum absolute atomic E-state index is 0.101. The van der Waals surface area contributed by atoms with Gasteiger partial charge in [-0.15, -0.1) is 0 Å². The van der Waals surface area contributed by atoms with E-state index in [1.165, 1.54) is 48.5 Å². The van der Waals surface area contributed by atoms with Crippen molar-refractivity contribution < 1.29 is 36.1 Å². The molecule has 0 fully saturated rings. The molecule has 0 unspecified atom stereocenters. The first-order valence-electron chi connectivity index (χ1n) is 20.7. The van der Waals surface area contributed by atoms with E-state index in [4.69, 9.17) is 9.05 Å². The fraction of sp³-hybridized carbons (Fsp3) is 0. The van der Waals surface area contributed by atoms with E-state index in [1.54, 1.807) is 48.5 Å². The summed E-state index contributed by atoms with van der Waals surface area (Å²) in [6.07, 6.45) is 0. The molecule has 0 spiro atoms. The van der Waals surface area contributed by atoms with Gasteiger partial charge in [-0.3, -0.25) is 4.89 Å². The van der Waals surface area contributed by atoms with Crippen molar-refractivity contribution in [3.8, 4) is 89.4 Å². The van der Waals surface area contributed by atoms with Crippen LogP contribution >= 0.6 is 7.82 Å². The fourth-order valence-corrected chi connectivity index (χ4v) is 9.70. The molecule has 1 N–H and O–H groups in total. The molecular formula is C56H33F4O4P. The smallest absolute Gasteiger partial charge is 0.394 e. The van der Waals surface area contributed by atoms with Gasteiger partial charge in [-0.2, -0.15) is 0 Å². The van der Waals surface area contributed by atoms with E-state index in [0.29, 0.717) is 77.9 Å². The van der Waals surface area contributed by atoms with Crippen LogP contribution in [-0.2, 0) is 4.57 Å². The molecule has 0 aromatic heterocycles. The zero-order chi connectivity index (χ0) is 44.4. The van der Waals surface area contributed by atoms with E-state index in [-0.39, 0.29) is 11.5 Å². The van der Waals surface area contributed by atoms with Gasteiger partial charge in [0.25, 0.3) is 0 Å². The minimum atomic E-state index is -5.01. The van der Waals surface area contributed by atoms with Gasteiger partial charge in [0, 0.05) is 22.3 Å². The Morgan fingerprint density at radius 1 is 0.338 bits per heavy atom. The van der Waals surface area contributed by atoms with Crippen LogP contribution < -0.4 is 9.05 Å². The molecule has 0 bridgehead atoms. The molecule has 11 rings (SSSR count). The Labute approximate surface area is 370 Å². The molecule has 65 heavy (non-hydrogen) atoms. The molecule has 10 aromatic carbocycles. The Hall–Kier alpha value is -7.77. The van der Waals surface area contributed by atoms with Crippen molar-refractivity contribution in [1.29, 1.82) is 0 Å². The van der Waals surface area contributed by atoms with Gasteiger partial charge < -0.3 is 9.05 Å². The van der Waals surface area contributed by atoms with Crippen molar-refractivity contribution in [3.05, 3.63) is 217 Å². The Morgan fingerprint density at radius 3 is 0.923 bits per heavy atom. The second-order valence-corrected chi connectivity index (χ2v) is 17.3. The minimum Gasteiger partial charge on any atom is -0.394 e. The third-order valence-electron chi connectivity index (χ3n) is 11.9. The van der Waals surface area contributed by atoms with Crippen LogP contribution in [0.2, 0.25) is 0 Å². The number of rotatable bonds is 6. The second-order valence-electron chi connectivity index (χ2n) is 16.0. The topological polar surface area (TPSA) is 55.8 Å². The monoisotopic (exact) mass is 876 g/mol. The van der Waals surface area contributed by atoms with Gasteiger partial charge in [-0.25, -0.2) is 22.1 Å². The number of hydrogen-bond donors (Lipinski definition) is 1. The highest BCUT2D eigenvalue weighted by Gasteiger charge is 2.38. The maximum atomic E-state index is 14.7. The van der Waals surface area contributed by atoms with Gasteiger partial charge in [0.2, 0.25) is 0 Å². The lowest BCUT2D eigenvalue weighted by atomic mass is 9.85. The van der Waals surface area contributed by atoms with Crippen LogP contribution in [0, 0.1) is 23.3 Å². The molecule has 9 heteroatoms. The Balaban J connectivity index is 1.23. The van der Waals surface area contributed by atoms with Crippen LogP contribution in [0.25, 0.3) is 99.4 Å². The van der Waals surface area contributed by atoms with Crippen LogP contribution in [0.1, 0.15) is 0 Å². The molecular weight excluding hydrogens is 844 g/mol. The third kappa shape index (κ3) is 7.53. The van der Waals surface area contributed by atoms with E-state index in [0.717, 1.165) is 21.5 Å². The number of benzene rings is 10. The van der Waals surface area contributed by atoms with E-state index in [2.05, 4.69) is 0 Å². The average molecular weight is 877 g/mol. The molecule has 4 nitrogen and oxygen atoms in total. The summed E-state index contributed by atoms with van der Waals surface area (Å²) in [5, 5.41) is 3.04. The van der Waals surface area contributed by atoms with Crippen LogP contribution in [0.3, 0.4) is 0 Å². The summed E-state index contributed by atoms with van der Waals surface area (Å²) < 4.78 is 84.2. The van der Waals surface area contributed by atoms with Gasteiger partial charge in [0.15, 0.2) is 0 Å². The van der Waals surface area contributed by atoms with E-state index < -0.39 is 31.1 Å². The van der Waals surface area contributed by atoms with Gasteiger partial charge in [0.1, 0.15) is 34.8 Å². The first-order valence-corrected chi connectivity index (χ1v) is 22.2. The van der Waals surface area contributed by atoms with E-state index >= 15 is 0 Å². The zero-order valence-corrected chi connectivity index (χ0v) is 35.0. The van der Waals surface area contributed by atoms with Crippen LogP contribution in [0.5, 0.6) is 11.5 Å². The Morgan fingerprint density at radius 2 is 0.615 bits per heavy atom.